The fourth-order valence-electron chi connectivity index (χ4n) is 4.56. The van der Waals surface area contributed by atoms with Gasteiger partial charge in [-0.25, -0.2) is 4.79 Å². The maximum atomic E-state index is 12.6. The number of carbonyl (C=O) groups is 1. The Morgan fingerprint density at radius 2 is 1.71 bits per heavy atom. The van der Waals surface area contributed by atoms with E-state index in [0.29, 0.717) is 17.9 Å². The van der Waals surface area contributed by atoms with E-state index in [9.17, 15) is 9.90 Å². The monoisotopic (exact) mass is 573 g/mol. The van der Waals surface area contributed by atoms with E-state index in [2.05, 4.69) is 18.3 Å². The van der Waals surface area contributed by atoms with E-state index in [1.165, 1.54) is 0 Å². The molecule has 0 atom stereocenters. The molecule has 3 aromatic rings. The number of carboxylic acid groups (broad SMARTS) is 1. The molecule has 0 unspecified atom stereocenters. The summed E-state index contributed by atoms with van der Waals surface area (Å²) < 4.78 is 11.6. The Balaban J connectivity index is 1.89. The smallest absolute Gasteiger partial charge is 0.336 e. The van der Waals surface area contributed by atoms with Crippen LogP contribution in [0.4, 0.5) is 0 Å². The van der Waals surface area contributed by atoms with Crippen LogP contribution in [0, 0.1) is 13.8 Å². The van der Waals surface area contributed by atoms with Crippen molar-refractivity contribution in [3.8, 4) is 11.5 Å². The Labute approximate surface area is 248 Å². The number of hydrogen-bond donors (Lipinski definition) is 2. The highest BCUT2D eigenvalue weighted by molar-refractivity contribution is 6.32. The zero-order chi connectivity index (χ0) is 29.9. The number of hydrogen-bond acceptors (Lipinski definition) is 4. The van der Waals surface area contributed by atoms with Crippen molar-refractivity contribution >= 4 is 23.1 Å². The summed E-state index contributed by atoms with van der Waals surface area (Å²) in [5, 5.41) is 14.5. The quantitative estimate of drug-likeness (QED) is 0.157. The fourth-order valence-corrected chi connectivity index (χ4v) is 4.67. The third kappa shape index (κ3) is 8.76. The van der Waals surface area contributed by atoms with Gasteiger partial charge in [0, 0.05) is 28.4 Å². The number of ether oxygens (including phenoxy) is 1. The van der Waals surface area contributed by atoms with Crippen molar-refractivity contribution in [2.45, 2.75) is 67.3 Å². The van der Waals surface area contributed by atoms with Crippen molar-refractivity contribution in [1.29, 1.82) is 0 Å². The van der Waals surface area contributed by atoms with E-state index >= 15 is 0 Å². The first-order chi connectivity index (χ1) is 19.6. The molecule has 0 fully saturated rings. The van der Waals surface area contributed by atoms with E-state index in [4.69, 9.17) is 20.8 Å². The summed E-state index contributed by atoms with van der Waals surface area (Å²) in [6, 6.07) is 15.3. The van der Waals surface area contributed by atoms with Crippen molar-refractivity contribution < 1.29 is 19.1 Å². The van der Waals surface area contributed by atoms with Gasteiger partial charge in [0.1, 0.15) is 17.3 Å². The average Bonchev–Trinajstić information content (AvgIpc) is 3.48. The summed E-state index contributed by atoms with van der Waals surface area (Å²) in [5.41, 5.74) is 6.31. The first kappa shape index (κ1) is 31.6. The Morgan fingerprint density at radius 3 is 2.27 bits per heavy atom. The van der Waals surface area contributed by atoms with Gasteiger partial charge in [0.05, 0.1) is 11.8 Å². The molecule has 0 saturated heterocycles. The van der Waals surface area contributed by atoms with Gasteiger partial charge in [-0.2, -0.15) is 0 Å². The molecule has 0 aliphatic heterocycles. The summed E-state index contributed by atoms with van der Waals surface area (Å²) in [5.74, 6) is 1.11. The van der Waals surface area contributed by atoms with Crippen LogP contribution in [0.3, 0.4) is 0 Å². The maximum Gasteiger partial charge on any atom is 0.336 e. The van der Waals surface area contributed by atoms with E-state index in [1.54, 1.807) is 18.4 Å². The number of furan rings is 1. The van der Waals surface area contributed by atoms with Gasteiger partial charge in [-0.3, -0.25) is 0 Å². The van der Waals surface area contributed by atoms with Crippen LogP contribution < -0.4 is 10.1 Å². The van der Waals surface area contributed by atoms with Gasteiger partial charge in [-0.05, 0) is 105 Å². The van der Waals surface area contributed by atoms with Gasteiger partial charge in [-0.1, -0.05) is 56.2 Å². The molecule has 2 aromatic carbocycles. The molecule has 3 rings (SSSR count). The summed E-state index contributed by atoms with van der Waals surface area (Å²) >= 11 is 6.29. The Hall–Kier alpha value is -3.96. The van der Waals surface area contributed by atoms with Crippen LogP contribution >= 0.6 is 11.6 Å². The van der Waals surface area contributed by atoms with Crippen molar-refractivity contribution in [2.24, 2.45) is 0 Å². The predicted molar refractivity (Wildman–Crippen MR) is 168 cm³/mol. The lowest BCUT2D eigenvalue weighted by Crippen LogP contribution is -2.17. The minimum atomic E-state index is -0.992. The number of nitrogens with one attached hydrogen (secondary N) is 1. The topological polar surface area (TPSA) is 71.7 Å². The SMILES string of the molecule is CC/C=C(/C=C(C(=O)O)\C(C(\C)=C/CCC)=C(/C)NCc1ccc(Oc2cc(C)c(Cl)c(C)c2)cc1)c1ccco1. The molecule has 6 heteroatoms. The van der Waals surface area contributed by atoms with Crippen LogP contribution in [0.15, 0.2) is 99.9 Å². The average molecular weight is 574 g/mol. The van der Waals surface area contributed by atoms with Gasteiger partial charge >= 0.3 is 5.97 Å². The highest BCUT2D eigenvalue weighted by atomic mass is 35.5. The van der Waals surface area contributed by atoms with Crippen molar-refractivity contribution in [1.82, 2.24) is 5.32 Å². The fraction of sp³-hybridized carbons (Fsp3) is 0.286. The number of benzene rings is 2. The third-order valence-corrected chi connectivity index (χ3v) is 7.26. The molecule has 0 bridgehead atoms. The molecule has 216 valence electrons. The summed E-state index contributed by atoms with van der Waals surface area (Å²) in [7, 11) is 0. The number of aryl methyl sites for hydroxylation is 2. The summed E-state index contributed by atoms with van der Waals surface area (Å²) in [4.78, 5) is 12.6. The van der Waals surface area contributed by atoms with Gasteiger partial charge in [0.2, 0.25) is 0 Å². The van der Waals surface area contributed by atoms with E-state index in [1.807, 2.05) is 83.2 Å². The predicted octanol–water partition coefficient (Wildman–Crippen LogP) is 9.96. The molecule has 2 N–H and O–H groups in total. The zero-order valence-corrected chi connectivity index (χ0v) is 25.6. The largest absolute Gasteiger partial charge is 0.478 e. The number of carboxylic acids is 1. The number of halogens is 1. The molecule has 41 heavy (non-hydrogen) atoms. The second kappa shape index (κ2) is 15.2. The minimum absolute atomic E-state index is 0.216. The first-order valence-electron chi connectivity index (χ1n) is 14.0. The second-order valence-electron chi connectivity index (χ2n) is 10.1. The van der Waals surface area contributed by atoms with Crippen LogP contribution in [0.5, 0.6) is 11.5 Å². The van der Waals surface area contributed by atoms with Crippen molar-refractivity contribution in [3.05, 3.63) is 123 Å². The maximum absolute atomic E-state index is 12.6. The van der Waals surface area contributed by atoms with Gasteiger partial charge in [0.25, 0.3) is 0 Å². The highest BCUT2D eigenvalue weighted by Crippen LogP contribution is 2.30. The number of aliphatic carboxylic acids is 1. The lowest BCUT2D eigenvalue weighted by molar-refractivity contribution is -0.132. The Morgan fingerprint density at radius 1 is 1.02 bits per heavy atom. The Kier molecular flexibility index (Phi) is 11.7. The van der Waals surface area contributed by atoms with E-state index in [-0.39, 0.29) is 5.57 Å². The molecule has 0 amide bonds. The Bertz CT molecular complexity index is 1440. The lowest BCUT2D eigenvalue weighted by atomic mass is 9.93. The molecular formula is C35H40ClNO4. The third-order valence-electron chi connectivity index (χ3n) is 6.66. The van der Waals surface area contributed by atoms with Gasteiger partial charge < -0.3 is 19.6 Å². The normalized spacial score (nSPS) is 13.2. The van der Waals surface area contributed by atoms with Gasteiger partial charge in [0.15, 0.2) is 0 Å². The lowest BCUT2D eigenvalue weighted by Gasteiger charge is -2.17. The number of rotatable bonds is 13. The van der Waals surface area contributed by atoms with E-state index in [0.717, 1.165) is 69.3 Å². The van der Waals surface area contributed by atoms with Crippen LogP contribution in [0.25, 0.3) is 5.57 Å². The standard InChI is InChI=1S/C35H40ClNO4/c1-7-9-12-23(3)33(31(35(38)39)21-28(11-8-2)32-13-10-18-40-32)26(6)37-22-27-14-16-29(17-15-27)41-30-19-24(4)34(36)25(5)20-30/h10-21,37H,7-9,22H2,1-6H3,(H,38,39)/b23-12-,28-11-,31-21+,33-26+. The minimum Gasteiger partial charge on any atom is -0.478 e. The molecule has 0 spiro atoms. The highest BCUT2D eigenvalue weighted by Gasteiger charge is 2.19. The van der Waals surface area contributed by atoms with Crippen molar-refractivity contribution in [3.63, 3.8) is 0 Å². The van der Waals surface area contributed by atoms with Crippen LogP contribution in [-0.4, -0.2) is 11.1 Å². The molecule has 5 nitrogen and oxygen atoms in total. The molecule has 0 aliphatic carbocycles. The number of allylic oxidation sites excluding steroid dienone is 6. The van der Waals surface area contributed by atoms with Crippen molar-refractivity contribution in [2.75, 3.05) is 0 Å². The summed E-state index contributed by atoms with van der Waals surface area (Å²) in [6.07, 6.45) is 9.96. The molecular weight excluding hydrogens is 534 g/mol. The first-order valence-corrected chi connectivity index (χ1v) is 14.4. The number of unbranched alkanes of at least 4 members (excludes halogenated alkanes) is 1. The summed E-state index contributed by atoms with van der Waals surface area (Å²) in [6.45, 7) is 12.5. The second-order valence-corrected chi connectivity index (χ2v) is 10.4. The molecule has 0 aliphatic rings. The van der Waals surface area contributed by atoms with E-state index < -0.39 is 5.97 Å². The van der Waals surface area contributed by atoms with Crippen LogP contribution in [0.2, 0.25) is 5.02 Å². The van der Waals surface area contributed by atoms with Crippen LogP contribution in [0.1, 0.15) is 69.4 Å². The molecule has 1 aromatic heterocycles. The molecule has 1 heterocycles. The zero-order valence-electron chi connectivity index (χ0n) is 24.8. The van der Waals surface area contributed by atoms with Gasteiger partial charge in [-0.15, -0.1) is 0 Å². The molecule has 0 radical (unpaired) electrons. The van der Waals surface area contributed by atoms with Crippen LogP contribution in [-0.2, 0) is 11.3 Å². The molecule has 0 saturated carbocycles.